The lowest BCUT2D eigenvalue weighted by Crippen LogP contribution is -2.51. The number of aliphatic carboxylic acids is 1. The van der Waals surface area contributed by atoms with Crippen LogP contribution in [0.25, 0.3) is 0 Å². The molecule has 16 heavy (non-hydrogen) atoms. The molecule has 1 saturated heterocycles. The Morgan fingerprint density at radius 3 is 3.12 bits per heavy atom. The number of hydrogen-bond acceptors (Lipinski definition) is 5. The molecule has 0 amide bonds. The van der Waals surface area contributed by atoms with Crippen molar-refractivity contribution in [3.05, 3.63) is 12.4 Å². The predicted molar refractivity (Wildman–Crippen MR) is 59.5 cm³/mol. The molecule has 0 unspecified atom stereocenters. The van der Waals surface area contributed by atoms with Crippen LogP contribution in [-0.4, -0.2) is 46.5 Å². The van der Waals surface area contributed by atoms with E-state index in [1.165, 1.54) is 12.6 Å². The van der Waals surface area contributed by atoms with Crippen LogP contribution in [0.2, 0.25) is 0 Å². The van der Waals surface area contributed by atoms with Crippen LogP contribution in [0, 0.1) is 0 Å². The Kier molecular flexibility index (Phi) is 3.53. The molecule has 0 bridgehead atoms. The van der Waals surface area contributed by atoms with Gasteiger partial charge in [0.2, 0.25) is 0 Å². The van der Waals surface area contributed by atoms with Crippen molar-refractivity contribution >= 4 is 11.7 Å². The van der Waals surface area contributed by atoms with Gasteiger partial charge in [0.15, 0.2) is 0 Å². The van der Waals surface area contributed by atoms with E-state index in [2.05, 4.69) is 10.4 Å². The van der Waals surface area contributed by atoms with E-state index in [9.17, 15) is 4.79 Å². The van der Waals surface area contributed by atoms with E-state index in [1.54, 1.807) is 6.20 Å². The Morgan fingerprint density at radius 2 is 2.31 bits per heavy atom. The van der Waals surface area contributed by atoms with Gasteiger partial charge >= 0.3 is 5.97 Å². The van der Waals surface area contributed by atoms with E-state index in [1.807, 2.05) is 10.1 Å². The van der Waals surface area contributed by atoms with Gasteiger partial charge in [-0.1, -0.05) is 6.42 Å². The molecule has 0 radical (unpaired) electrons. The van der Waals surface area contributed by atoms with E-state index in [0.717, 1.165) is 25.9 Å². The molecule has 0 aromatic carbocycles. The highest BCUT2D eigenvalue weighted by Crippen LogP contribution is 2.08. The first-order valence-electron chi connectivity index (χ1n) is 5.51. The van der Waals surface area contributed by atoms with Crippen LogP contribution in [0.15, 0.2) is 17.4 Å². The van der Waals surface area contributed by atoms with Crippen molar-refractivity contribution in [3.63, 3.8) is 0 Å². The second-order valence-electron chi connectivity index (χ2n) is 3.87. The van der Waals surface area contributed by atoms with Gasteiger partial charge in [0.25, 0.3) is 0 Å². The smallest absolute Gasteiger partial charge is 0.352 e. The van der Waals surface area contributed by atoms with E-state index in [-0.39, 0.29) is 5.71 Å². The minimum absolute atomic E-state index is 0.175. The minimum Gasteiger partial charge on any atom is -0.477 e. The van der Waals surface area contributed by atoms with Crippen LogP contribution in [0.5, 0.6) is 0 Å². The molecule has 2 N–H and O–H groups in total. The van der Waals surface area contributed by atoms with Crippen LogP contribution in [0.4, 0.5) is 0 Å². The topological polar surface area (TPSA) is 68.2 Å². The van der Waals surface area contributed by atoms with Gasteiger partial charge in [-0.25, -0.2) is 10.2 Å². The molecule has 2 rings (SSSR count). The number of rotatable bonds is 2. The van der Waals surface area contributed by atoms with Gasteiger partial charge in [0, 0.05) is 25.5 Å². The molecule has 0 aromatic rings. The number of nitrogens with one attached hydrogen (secondary N) is 1. The molecule has 88 valence electrons. The number of aliphatic imine (C=N–C) groups is 1. The molecule has 0 aliphatic carbocycles. The van der Waals surface area contributed by atoms with Crippen molar-refractivity contribution < 1.29 is 9.90 Å². The molecule has 0 spiro atoms. The van der Waals surface area contributed by atoms with Crippen molar-refractivity contribution in [1.29, 1.82) is 0 Å². The summed E-state index contributed by atoms with van der Waals surface area (Å²) in [6.07, 6.45) is 6.82. The highest BCUT2D eigenvalue weighted by Gasteiger charge is 2.20. The summed E-state index contributed by atoms with van der Waals surface area (Å²) < 4.78 is 0. The average Bonchev–Trinajstić information content (AvgIpc) is 2.57. The first-order chi connectivity index (χ1) is 7.77. The Balaban J connectivity index is 1.98. The van der Waals surface area contributed by atoms with E-state index in [0.29, 0.717) is 6.54 Å². The van der Waals surface area contributed by atoms with Crippen LogP contribution in [-0.2, 0) is 4.79 Å². The molecule has 6 nitrogen and oxygen atoms in total. The molecule has 0 atom stereocenters. The number of nitrogens with zero attached hydrogens (tertiary/aromatic N) is 3. The molecular weight excluding hydrogens is 208 g/mol. The van der Waals surface area contributed by atoms with Gasteiger partial charge < -0.3 is 5.11 Å². The van der Waals surface area contributed by atoms with Crippen molar-refractivity contribution in [1.82, 2.24) is 15.6 Å². The van der Waals surface area contributed by atoms with Crippen molar-refractivity contribution in [2.45, 2.75) is 19.3 Å². The predicted octanol–water partition coefficient (Wildman–Crippen LogP) is 0.204. The van der Waals surface area contributed by atoms with Gasteiger partial charge in [-0.05, 0) is 12.8 Å². The Bertz CT molecular complexity index is 319. The Labute approximate surface area is 94.2 Å². The number of carboxylic acids is 1. The molecule has 2 aliphatic rings. The summed E-state index contributed by atoms with van der Waals surface area (Å²) >= 11 is 0. The summed E-state index contributed by atoms with van der Waals surface area (Å²) in [5, 5.41) is 12.7. The average molecular weight is 224 g/mol. The third-order valence-electron chi connectivity index (χ3n) is 2.68. The zero-order valence-electron chi connectivity index (χ0n) is 9.09. The molecule has 1 fully saturated rings. The summed E-state index contributed by atoms with van der Waals surface area (Å²) in [4.78, 5) is 14.7. The fraction of sp³-hybridized carbons (Fsp3) is 0.600. The third-order valence-corrected chi connectivity index (χ3v) is 2.68. The summed E-state index contributed by atoms with van der Waals surface area (Å²) in [6, 6.07) is 0. The quantitative estimate of drug-likeness (QED) is 0.701. The SMILES string of the molecule is O=C(O)C1=NC=CN(N2CCCCCN2)C1. The monoisotopic (exact) mass is 224 g/mol. The zero-order chi connectivity index (χ0) is 11.4. The largest absolute Gasteiger partial charge is 0.477 e. The maximum atomic E-state index is 10.8. The van der Waals surface area contributed by atoms with Crippen LogP contribution in [0.1, 0.15) is 19.3 Å². The van der Waals surface area contributed by atoms with Crippen molar-refractivity contribution in [3.8, 4) is 0 Å². The third kappa shape index (κ3) is 2.59. The maximum Gasteiger partial charge on any atom is 0.352 e. The second-order valence-corrected chi connectivity index (χ2v) is 3.87. The molecule has 6 heteroatoms. The fourth-order valence-corrected chi connectivity index (χ4v) is 1.81. The molecule has 0 aromatic heterocycles. The van der Waals surface area contributed by atoms with Crippen LogP contribution >= 0.6 is 0 Å². The molecule has 2 aliphatic heterocycles. The number of hydrogen-bond donors (Lipinski definition) is 2. The normalized spacial score (nSPS) is 22.8. The van der Waals surface area contributed by atoms with Crippen LogP contribution in [0.3, 0.4) is 0 Å². The standard InChI is InChI=1S/C10H16N4O2/c15-10(16)9-8-13(7-5-11-9)14-6-3-1-2-4-12-14/h5,7,12H,1-4,6,8H2,(H,15,16). The Hall–Kier alpha value is -1.40. The van der Waals surface area contributed by atoms with Gasteiger partial charge in [0.1, 0.15) is 5.71 Å². The molecular formula is C10H16N4O2. The first-order valence-corrected chi connectivity index (χ1v) is 5.51. The summed E-state index contributed by atoms with van der Waals surface area (Å²) in [5.74, 6) is -0.954. The summed E-state index contributed by atoms with van der Waals surface area (Å²) in [6.45, 7) is 2.15. The summed E-state index contributed by atoms with van der Waals surface area (Å²) in [5.41, 5.74) is 3.45. The zero-order valence-corrected chi connectivity index (χ0v) is 9.09. The lowest BCUT2D eigenvalue weighted by atomic mass is 10.2. The fourth-order valence-electron chi connectivity index (χ4n) is 1.81. The van der Waals surface area contributed by atoms with Gasteiger partial charge in [-0.2, -0.15) is 5.12 Å². The Morgan fingerprint density at radius 1 is 1.44 bits per heavy atom. The van der Waals surface area contributed by atoms with Crippen molar-refractivity contribution in [2.24, 2.45) is 4.99 Å². The molecule has 2 heterocycles. The van der Waals surface area contributed by atoms with Gasteiger partial charge in [-0.3, -0.25) is 10.0 Å². The van der Waals surface area contributed by atoms with Crippen LogP contribution < -0.4 is 5.43 Å². The number of carbonyl (C=O) groups is 1. The minimum atomic E-state index is -0.954. The first kappa shape index (κ1) is 11.1. The number of carboxylic acid groups (broad SMARTS) is 1. The molecule has 0 saturated carbocycles. The summed E-state index contributed by atoms with van der Waals surface area (Å²) in [7, 11) is 0. The van der Waals surface area contributed by atoms with E-state index < -0.39 is 5.97 Å². The highest BCUT2D eigenvalue weighted by atomic mass is 16.4. The number of hydrazine groups is 2. The lowest BCUT2D eigenvalue weighted by molar-refractivity contribution is -0.129. The van der Waals surface area contributed by atoms with Gasteiger partial charge in [0.05, 0.1) is 6.54 Å². The lowest BCUT2D eigenvalue weighted by Gasteiger charge is -2.34. The van der Waals surface area contributed by atoms with Gasteiger partial charge in [-0.15, -0.1) is 0 Å². The maximum absolute atomic E-state index is 10.8. The highest BCUT2D eigenvalue weighted by molar-refractivity contribution is 6.36. The van der Waals surface area contributed by atoms with Crippen molar-refractivity contribution in [2.75, 3.05) is 19.6 Å². The van der Waals surface area contributed by atoms with E-state index in [4.69, 9.17) is 5.11 Å². The second kappa shape index (κ2) is 5.09. The van der Waals surface area contributed by atoms with E-state index >= 15 is 0 Å².